The minimum Gasteiger partial charge on any atom is -0.475 e. The molecule has 1 saturated heterocycles. The summed E-state index contributed by atoms with van der Waals surface area (Å²) in [5, 5.41) is 11.4. The van der Waals surface area contributed by atoms with Crippen LogP contribution in [0.3, 0.4) is 0 Å². The van der Waals surface area contributed by atoms with Crippen molar-refractivity contribution >= 4 is 11.9 Å². The van der Waals surface area contributed by atoms with Crippen molar-refractivity contribution in [2.45, 2.75) is 31.9 Å². The van der Waals surface area contributed by atoms with Crippen LogP contribution in [-0.4, -0.2) is 35.7 Å². The molecule has 6 nitrogen and oxygen atoms in total. The van der Waals surface area contributed by atoms with Crippen LogP contribution >= 0.6 is 0 Å². The Balaban J connectivity index is 1.95. The van der Waals surface area contributed by atoms with Gasteiger partial charge in [-0.05, 0) is 31.9 Å². The third-order valence-corrected chi connectivity index (χ3v) is 2.92. The topological polar surface area (TPSA) is 88.8 Å². The Hall–Kier alpha value is -1.82. The maximum atomic E-state index is 11.8. The van der Waals surface area contributed by atoms with Gasteiger partial charge in [-0.25, -0.2) is 4.79 Å². The Morgan fingerprint density at radius 3 is 2.72 bits per heavy atom. The molecule has 0 spiro atoms. The summed E-state index contributed by atoms with van der Waals surface area (Å²) < 4.78 is 10.4. The number of hydrogen-bond acceptors (Lipinski definition) is 4. The first-order valence-electron chi connectivity index (χ1n) is 5.83. The molecule has 1 aliphatic heterocycles. The summed E-state index contributed by atoms with van der Waals surface area (Å²) in [7, 11) is 0. The minimum atomic E-state index is -1.19. The fraction of sp³-hybridized carbons (Fsp3) is 0.500. The highest BCUT2D eigenvalue weighted by molar-refractivity contribution is 5.93. The van der Waals surface area contributed by atoms with E-state index in [0.717, 1.165) is 19.4 Å². The highest BCUT2D eigenvalue weighted by Gasteiger charge is 2.25. The quantitative estimate of drug-likeness (QED) is 0.843. The smallest absolute Gasteiger partial charge is 0.371 e. The van der Waals surface area contributed by atoms with E-state index in [1.807, 2.05) is 6.92 Å². The molecule has 1 aromatic rings. The molecule has 1 amide bonds. The van der Waals surface area contributed by atoms with Crippen LogP contribution in [0.2, 0.25) is 0 Å². The highest BCUT2D eigenvalue weighted by atomic mass is 16.5. The number of carbonyl (C=O) groups is 2. The summed E-state index contributed by atoms with van der Waals surface area (Å²) >= 11 is 0. The van der Waals surface area contributed by atoms with Gasteiger partial charge in [-0.15, -0.1) is 0 Å². The van der Waals surface area contributed by atoms with E-state index in [1.165, 1.54) is 12.1 Å². The molecule has 2 N–H and O–H groups in total. The van der Waals surface area contributed by atoms with E-state index >= 15 is 0 Å². The zero-order chi connectivity index (χ0) is 13.1. The van der Waals surface area contributed by atoms with E-state index in [2.05, 4.69) is 5.32 Å². The number of nitrogens with one attached hydrogen (secondary N) is 1. The van der Waals surface area contributed by atoms with Crippen molar-refractivity contribution in [2.24, 2.45) is 0 Å². The Bertz CT molecular complexity index is 447. The third kappa shape index (κ3) is 2.70. The first-order valence-corrected chi connectivity index (χ1v) is 5.83. The van der Waals surface area contributed by atoms with Crippen molar-refractivity contribution in [1.82, 2.24) is 5.32 Å². The van der Waals surface area contributed by atoms with Crippen LogP contribution < -0.4 is 5.32 Å². The fourth-order valence-corrected chi connectivity index (χ4v) is 1.94. The molecule has 6 heteroatoms. The van der Waals surface area contributed by atoms with E-state index in [9.17, 15) is 9.59 Å². The number of aromatic carboxylic acids is 1. The van der Waals surface area contributed by atoms with Gasteiger partial charge in [0.15, 0.2) is 5.76 Å². The highest BCUT2D eigenvalue weighted by Crippen LogP contribution is 2.16. The average molecular weight is 253 g/mol. The summed E-state index contributed by atoms with van der Waals surface area (Å²) in [6.45, 7) is 2.57. The Labute approximate surface area is 104 Å². The van der Waals surface area contributed by atoms with Gasteiger partial charge in [0.25, 0.3) is 5.91 Å². The van der Waals surface area contributed by atoms with Crippen LogP contribution in [0.4, 0.5) is 0 Å². The zero-order valence-electron chi connectivity index (χ0n) is 10.0. The summed E-state index contributed by atoms with van der Waals surface area (Å²) in [6, 6.07) is 2.48. The third-order valence-electron chi connectivity index (χ3n) is 2.92. The molecule has 2 heterocycles. The Kier molecular flexibility index (Phi) is 3.66. The van der Waals surface area contributed by atoms with E-state index in [-0.39, 0.29) is 23.7 Å². The summed E-state index contributed by atoms with van der Waals surface area (Å²) in [5.74, 6) is -1.87. The predicted molar refractivity (Wildman–Crippen MR) is 61.6 cm³/mol. The molecule has 1 fully saturated rings. The summed E-state index contributed by atoms with van der Waals surface area (Å²) in [6.07, 6.45) is 1.93. The molecule has 2 atom stereocenters. The van der Waals surface area contributed by atoms with Crippen LogP contribution in [0.5, 0.6) is 0 Å². The largest absolute Gasteiger partial charge is 0.475 e. The van der Waals surface area contributed by atoms with Gasteiger partial charge in [-0.2, -0.15) is 0 Å². The zero-order valence-corrected chi connectivity index (χ0v) is 10.0. The maximum Gasteiger partial charge on any atom is 0.371 e. The first-order chi connectivity index (χ1) is 8.58. The van der Waals surface area contributed by atoms with Crippen molar-refractivity contribution in [2.75, 3.05) is 6.61 Å². The summed E-state index contributed by atoms with van der Waals surface area (Å²) in [4.78, 5) is 22.4. The second-order valence-electron chi connectivity index (χ2n) is 4.28. The SMILES string of the molecule is C[C@H](NC(=O)c1ccc(C(=O)O)o1)[C@@H]1CCCO1. The van der Waals surface area contributed by atoms with Gasteiger partial charge in [-0.3, -0.25) is 4.79 Å². The molecule has 0 saturated carbocycles. The molecule has 98 valence electrons. The standard InChI is InChI=1S/C12H15NO5/c1-7(8-3-2-6-17-8)13-11(14)9-4-5-10(18-9)12(15)16/h4-5,7-8H,2-3,6H2,1H3,(H,13,14)(H,15,16)/t7-,8-/m0/s1. The van der Waals surface area contributed by atoms with Crippen LogP contribution in [0.1, 0.15) is 40.9 Å². The molecule has 0 aliphatic carbocycles. The van der Waals surface area contributed by atoms with E-state index in [4.69, 9.17) is 14.3 Å². The van der Waals surface area contributed by atoms with E-state index in [1.54, 1.807) is 0 Å². The molecule has 0 radical (unpaired) electrons. The Morgan fingerprint density at radius 1 is 1.44 bits per heavy atom. The van der Waals surface area contributed by atoms with Crippen LogP contribution in [0.15, 0.2) is 16.5 Å². The molecular weight excluding hydrogens is 238 g/mol. The van der Waals surface area contributed by atoms with Gasteiger partial charge >= 0.3 is 5.97 Å². The maximum absolute atomic E-state index is 11.8. The summed E-state index contributed by atoms with van der Waals surface area (Å²) in [5.41, 5.74) is 0. The van der Waals surface area contributed by atoms with Gasteiger partial charge < -0.3 is 19.6 Å². The van der Waals surface area contributed by atoms with Crippen LogP contribution in [0.25, 0.3) is 0 Å². The monoisotopic (exact) mass is 253 g/mol. The van der Waals surface area contributed by atoms with Gasteiger partial charge in [0.1, 0.15) is 0 Å². The predicted octanol–water partition coefficient (Wildman–Crippen LogP) is 1.28. The average Bonchev–Trinajstić information content (AvgIpc) is 3.00. The Morgan fingerprint density at radius 2 is 2.17 bits per heavy atom. The second-order valence-corrected chi connectivity index (χ2v) is 4.28. The number of carbonyl (C=O) groups excluding carboxylic acids is 1. The first kappa shape index (κ1) is 12.6. The van der Waals surface area contributed by atoms with E-state index < -0.39 is 11.9 Å². The molecule has 0 bridgehead atoms. The van der Waals surface area contributed by atoms with Crippen molar-refractivity contribution in [1.29, 1.82) is 0 Å². The lowest BCUT2D eigenvalue weighted by Gasteiger charge is -2.19. The fourth-order valence-electron chi connectivity index (χ4n) is 1.94. The lowest BCUT2D eigenvalue weighted by atomic mass is 10.1. The van der Waals surface area contributed by atoms with Gasteiger partial charge in [0, 0.05) is 6.61 Å². The molecular formula is C12H15NO5. The number of hydrogen-bond donors (Lipinski definition) is 2. The molecule has 1 aromatic heterocycles. The van der Waals surface area contributed by atoms with Crippen LogP contribution in [-0.2, 0) is 4.74 Å². The number of furan rings is 1. The number of ether oxygens (including phenoxy) is 1. The lowest BCUT2D eigenvalue weighted by molar-refractivity contribution is 0.0650. The number of carboxylic acids is 1. The second kappa shape index (κ2) is 5.22. The van der Waals surface area contributed by atoms with Crippen molar-refractivity contribution in [3.8, 4) is 0 Å². The number of carboxylic acid groups (broad SMARTS) is 1. The van der Waals surface area contributed by atoms with E-state index in [0.29, 0.717) is 0 Å². The molecule has 2 rings (SSSR count). The number of rotatable bonds is 4. The number of amides is 1. The minimum absolute atomic E-state index is 0.00255. The lowest BCUT2D eigenvalue weighted by Crippen LogP contribution is -2.40. The van der Waals surface area contributed by atoms with Gasteiger partial charge in [-0.1, -0.05) is 0 Å². The van der Waals surface area contributed by atoms with Crippen molar-refractivity contribution in [3.05, 3.63) is 23.7 Å². The molecule has 0 unspecified atom stereocenters. The molecule has 0 aromatic carbocycles. The van der Waals surface area contributed by atoms with Crippen LogP contribution in [0, 0.1) is 0 Å². The normalized spacial score (nSPS) is 20.6. The van der Waals surface area contributed by atoms with Gasteiger partial charge in [0.05, 0.1) is 12.1 Å². The van der Waals surface area contributed by atoms with Crippen molar-refractivity contribution < 1.29 is 23.8 Å². The molecule has 18 heavy (non-hydrogen) atoms. The molecule has 1 aliphatic rings. The van der Waals surface area contributed by atoms with Gasteiger partial charge in [0.2, 0.25) is 5.76 Å². The van der Waals surface area contributed by atoms with Crippen molar-refractivity contribution in [3.63, 3.8) is 0 Å².